The Kier molecular flexibility index (Phi) is 5.64. The second-order valence-electron chi connectivity index (χ2n) is 8.45. The van der Waals surface area contributed by atoms with Gasteiger partial charge >= 0.3 is 21.6 Å². The number of fused-ring (bicyclic) bond motifs is 4. The first-order chi connectivity index (χ1) is 17.5. The van der Waals surface area contributed by atoms with Gasteiger partial charge in [-0.15, -0.1) is 4.67 Å². The molecule has 3 heterocycles. The number of amides is 2. The number of nitrogens with one attached hydrogen (secondary N) is 4. The Hall–Kier alpha value is -4.19. The van der Waals surface area contributed by atoms with E-state index in [4.69, 9.17) is 0 Å². The van der Waals surface area contributed by atoms with E-state index >= 15 is 0 Å². The van der Waals surface area contributed by atoms with Gasteiger partial charge in [-0.25, -0.2) is 4.79 Å². The lowest BCUT2D eigenvalue weighted by atomic mass is 9.93. The van der Waals surface area contributed by atoms with Crippen LogP contribution in [-0.4, -0.2) is 23.1 Å². The summed E-state index contributed by atoms with van der Waals surface area (Å²) in [7, 11) is 0. The third-order valence-electron chi connectivity index (χ3n) is 6.03. The van der Waals surface area contributed by atoms with Crippen LogP contribution >= 0.6 is 22.7 Å². The summed E-state index contributed by atoms with van der Waals surface area (Å²) < 4.78 is 19.3. The van der Waals surface area contributed by atoms with Crippen LogP contribution in [0.4, 0.5) is 14.9 Å². The zero-order chi connectivity index (χ0) is 24.6. The average molecular weight is 518 g/mol. The molecule has 6 rings (SSSR count). The highest BCUT2D eigenvalue weighted by atomic mass is 32.1. The van der Waals surface area contributed by atoms with Crippen molar-refractivity contribution in [3.63, 3.8) is 0 Å². The van der Waals surface area contributed by atoms with Gasteiger partial charge in [0.25, 0.3) is 5.82 Å². The first-order valence-corrected chi connectivity index (χ1v) is 12.9. The number of aromatic amines is 1. The topological polar surface area (TPSA) is 112 Å². The van der Waals surface area contributed by atoms with E-state index in [9.17, 15) is 14.0 Å². The van der Waals surface area contributed by atoms with Gasteiger partial charge in [-0.05, 0) is 60.4 Å². The van der Waals surface area contributed by atoms with Gasteiger partial charge in [0.2, 0.25) is 0 Å². The SMILES string of the molecule is O=C(NCc1cc#cc(F)c1)NC1CCc2c(sc3c2=C(Nc2ccc4[nH]c(=O)sc4c2)N=C=[N+]=3)C1. The number of hydrogen-bond acceptors (Lipinski definition) is 6. The van der Waals surface area contributed by atoms with E-state index in [0.717, 1.165) is 54.8 Å². The lowest BCUT2D eigenvalue weighted by Gasteiger charge is -2.23. The molecule has 0 saturated heterocycles. The number of halogens is 1. The highest BCUT2D eigenvalue weighted by Crippen LogP contribution is 2.24. The lowest BCUT2D eigenvalue weighted by Crippen LogP contribution is -2.44. The van der Waals surface area contributed by atoms with Crippen molar-refractivity contribution in [2.24, 2.45) is 4.99 Å². The number of carbonyl (C=O) groups is 1. The van der Waals surface area contributed by atoms with Gasteiger partial charge in [-0.2, -0.15) is 4.39 Å². The number of urea groups is 1. The van der Waals surface area contributed by atoms with E-state index in [-0.39, 0.29) is 23.5 Å². The summed E-state index contributed by atoms with van der Waals surface area (Å²) in [5.74, 6) is 0.170. The molecule has 0 spiro atoms. The van der Waals surface area contributed by atoms with Crippen molar-refractivity contribution in [2.75, 3.05) is 5.32 Å². The standard InChI is InChI=1S/C25H17FN6O2S2/c26-14-3-1-2-13(8-14)11-27-24(33)31-16-4-6-17-19(9-16)35-23-21(17)22(28-12-29-23)30-15-5-7-18-20(10-15)36-25(34)32-18/h2,5,7-8,10,16H,4,6,9,11H2,(H3,27,31,32,33,34)/p+1. The van der Waals surface area contributed by atoms with Crippen molar-refractivity contribution in [2.45, 2.75) is 31.8 Å². The summed E-state index contributed by atoms with van der Waals surface area (Å²) in [5, 5.41) is 10.1. The molecular formula is C25H18FN6O2S2+. The number of nitrogens with zero attached hydrogens (tertiary/aromatic N) is 2. The van der Waals surface area contributed by atoms with Crippen LogP contribution in [0.15, 0.2) is 40.1 Å². The van der Waals surface area contributed by atoms with E-state index in [2.05, 4.69) is 48.7 Å². The third kappa shape index (κ3) is 4.42. The van der Waals surface area contributed by atoms with Gasteiger partial charge in [0, 0.05) is 34.6 Å². The van der Waals surface area contributed by atoms with E-state index in [1.165, 1.54) is 11.6 Å². The fourth-order valence-electron chi connectivity index (χ4n) is 4.40. The lowest BCUT2D eigenvalue weighted by molar-refractivity contribution is 0.235. The maximum Gasteiger partial charge on any atom is 0.432 e. The summed E-state index contributed by atoms with van der Waals surface area (Å²) in [5.41, 5.74) is 3.44. The first kappa shape index (κ1) is 22.3. The van der Waals surface area contributed by atoms with E-state index in [0.29, 0.717) is 17.8 Å². The first-order valence-electron chi connectivity index (χ1n) is 11.2. The Labute approximate surface area is 211 Å². The molecule has 1 aliphatic carbocycles. The summed E-state index contributed by atoms with van der Waals surface area (Å²) >= 11 is 2.75. The third-order valence-corrected chi connectivity index (χ3v) is 8.02. The number of hydrogen-bond donors (Lipinski definition) is 4. The number of benzene rings is 1. The van der Waals surface area contributed by atoms with Gasteiger partial charge in [0.1, 0.15) is 5.22 Å². The smallest absolute Gasteiger partial charge is 0.335 e. The molecule has 4 aromatic rings. The fraction of sp³-hybridized carbons (Fsp3) is 0.200. The van der Waals surface area contributed by atoms with Gasteiger partial charge < -0.3 is 20.9 Å². The predicted molar refractivity (Wildman–Crippen MR) is 137 cm³/mol. The molecule has 0 bridgehead atoms. The molecule has 2 aromatic carbocycles. The van der Waals surface area contributed by atoms with Crippen molar-refractivity contribution in [3.05, 3.63) is 83.8 Å². The number of thiophene rings is 1. The van der Waals surface area contributed by atoms with Gasteiger partial charge in [-0.3, -0.25) is 4.79 Å². The molecule has 1 unspecified atom stereocenters. The van der Waals surface area contributed by atoms with Crippen molar-refractivity contribution in [1.82, 2.24) is 20.3 Å². The summed E-state index contributed by atoms with van der Waals surface area (Å²) in [4.78, 5) is 32.3. The van der Waals surface area contributed by atoms with E-state index < -0.39 is 5.82 Å². The minimum absolute atomic E-state index is 0.0231. The summed E-state index contributed by atoms with van der Waals surface area (Å²) in [6, 6.07) is 15.9. The van der Waals surface area contributed by atoms with Crippen molar-refractivity contribution in [3.8, 4) is 0 Å². The molecule has 8 nitrogen and oxygen atoms in total. The zero-order valence-corrected chi connectivity index (χ0v) is 20.3. The van der Waals surface area contributed by atoms with Gasteiger partial charge in [0.15, 0.2) is 5.82 Å². The summed E-state index contributed by atoms with van der Waals surface area (Å²) in [6.07, 6.45) is 2.24. The van der Waals surface area contributed by atoms with Crippen LogP contribution in [0.3, 0.4) is 0 Å². The van der Waals surface area contributed by atoms with Gasteiger partial charge in [0.05, 0.1) is 10.2 Å². The number of H-pyrrole nitrogens is 1. The molecule has 36 heavy (non-hydrogen) atoms. The number of rotatable bonds is 5. The second-order valence-corrected chi connectivity index (χ2v) is 10.6. The number of carbonyl (C=O) groups excluding carboxylic acids is 1. The minimum atomic E-state index is -0.504. The second kappa shape index (κ2) is 9.11. The van der Waals surface area contributed by atoms with Crippen molar-refractivity contribution < 1.29 is 9.18 Å². The normalized spacial score (nSPS) is 15.6. The summed E-state index contributed by atoms with van der Waals surface area (Å²) in [6.45, 7) is 0.209. The largest absolute Gasteiger partial charge is 0.432 e. The van der Waals surface area contributed by atoms with Crippen LogP contribution in [0.1, 0.15) is 22.4 Å². The van der Waals surface area contributed by atoms with Crippen LogP contribution in [0.25, 0.3) is 16.0 Å². The predicted octanol–water partition coefficient (Wildman–Crippen LogP) is 1.80. The molecule has 11 heteroatoms. The molecule has 2 aliphatic rings. The number of thiazole rings is 1. The number of aromatic nitrogens is 1. The molecule has 0 saturated carbocycles. The molecule has 0 radical (unpaired) electrons. The maximum absolute atomic E-state index is 13.3. The Morgan fingerprint density at radius 3 is 3.11 bits per heavy atom. The van der Waals surface area contributed by atoms with Crippen LogP contribution < -0.4 is 35.4 Å². The Morgan fingerprint density at radius 2 is 2.22 bits per heavy atom. The molecule has 0 fully saturated rings. The molecule has 178 valence electrons. The van der Waals surface area contributed by atoms with Crippen LogP contribution in [0.5, 0.6) is 0 Å². The van der Waals surface area contributed by atoms with Crippen LogP contribution in [0, 0.1) is 17.9 Å². The maximum atomic E-state index is 13.3. The van der Waals surface area contributed by atoms with Crippen molar-refractivity contribution in [1.29, 1.82) is 0 Å². The minimum Gasteiger partial charge on any atom is -0.335 e. The molecule has 1 aliphatic heterocycles. The molecule has 1 atom stereocenters. The molecule has 2 amide bonds. The van der Waals surface area contributed by atoms with Crippen molar-refractivity contribution >= 4 is 56.4 Å². The molecule has 2 aromatic heterocycles. The monoisotopic (exact) mass is 517 g/mol. The van der Waals surface area contributed by atoms with E-state index in [1.807, 2.05) is 18.2 Å². The van der Waals surface area contributed by atoms with Gasteiger partial charge in [-0.1, -0.05) is 28.7 Å². The quantitative estimate of drug-likeness (QED) is 0.303. The van der Waals surface area contributed by atoms with E-state index in [1.54, 1.807) is 17.4 Å². The Morgan fingerprint density at radius 1 is 1.31 bits per heavy atom. The Bertz CT molecular complexity index is 1780. The molecule has 4 N–H and O–H groups in total. The number of anilines is 1. The Balaban J connectivity index is 1.19. The highest BCUT2D eigenvalue weighted by molar-refractivity contribution is 7.16. The zero-order valence-electron chi connectivity index (χ0n) is 18.7. The van der Waals surface area contributed by atoms with Crippen LogP contribution in [0.2, 0.25) is 0 Å². The fourth-order valence-corrected chi connectivity index (χ4v) is 6.43. The number of aliphatic imine (C=N–C) groups is 1. The molecular weight excluding hydrogens is 499 g/mol. The highest BCUT2D eigenvalue weighted by Gasteiger charge is 2.28. The van der Waals surface area contributed by atoms with Crippen LogP contribution in [-0.2, 0) is 19.4 Å². The average Bonchev–Trinajstić information content (AvgIpc) is 3.42.